The number of halogens is 1. The second kappa shape index (κ2) is 11.4. The second-order valence-corrected chi connectivity index (χ2v) is 10.2. The number of methoxy groups -OCH3 is 1. The summed E-state index contributed by atoms with van der Waals surface area (Å²) in [7, 11) is 1.67. The number of rotatable bonds is 8. The van der Waals surface area contributed by atoms with Crippen molar-refractivity contribution >= 4 is 5.69 Å². The van der Waals surface area contributed by atoms with Gasteiger partial charge in [-0.1, -0.05) is 12.1 Å². The van der Waals surface area contributed by atoms with E-state index in [1.165, 1.54) is 12.1 Å². The van der Waals surface area contributed by atoms with Crippen molar-refractivity contribution in [1.29, 1.82) is 0 Å². The van der Waals surface area contributed by atoms with E-state index in [9.17, 15) is 9.50 Å². The number of anilines is 1. The fraction of sp³-hybridized carbons (Fsp3) is 0.414. The summed E-state index contributed by atoms with van der Waals surface area (Å²) in [5.74, 6) is 0.539. The molecule has 0 aliphatic carbocycles. The van der Waals surface area contributed by atoms with Crippen LogP contribution in [0.1, 0.15) is 39.2 Å². The molecule has 1 aromatic heterocycles. The maximum atomic E-state index is 13.8. The van der Waals surface area contributed by atoms with Gasteiger partial charge in [-0.2, -0.15) is 0 Å². The normalized spacial score (nSPS) is 16.1. The van der Waals surface area contributed by atoms with Crippen molar-refractivity contribution in [2.45, 2.75) is 58.2 Å². The third-order valence-electron chi connectivity index (χ3n) is 6.41. The van der Waals surface area contributed by atoms with E-state index in [1.807, 2.05) is 56.0 Å². The van der Waals surface area contributed by atoms with Gasteiger partial charge in [0.1, 0.15) is 11.6 Å². The average molecular weight is 494 g/mol. The van der Waals surface area contributed by atoms with Crippen LogP contribution in [0.4, 0.5) is 10.1 Å². The lowest BCUT2D eigenvalue weighted by Crippen LogP contribution is -2.50. The molecule has 1 fully saturated rings. The molecule has 1 unspecified atom stereocenters. The molecule has 2 aromatic carbocycles. The molecule has 36 heavy (non-hydrogen) atoms. The third kappa shape index (κ3) is 6.81. The van der Waals surface area contributed by atoms with Gasteiger partial charge in [0.25, 0.3) is 0 Å². The van der Waals surface area contributed by atoms with E-state index in [-0.39, 0.29) is 11.9 Å². The van der Waals surface area contributed by atoms with E-state index >= 15 is 0 Å². The van der Waals surface area contributed by atoms with Crippen molar-refractivity contribution in [2.24, 2.45) is 0 Å². The molecule has 1 saturated heterocycles. The van der Waals surface area contributed by atoms with E-state index in [0.29, 0.717) is 6.54 Å². The molecular formula is C29H36FN3O3. The molecular weight excluding hydrogens is 457 g/mol. The van der Waals surface area contributed by atoms with Gasteiger partial charge in [0.05, 0.1) is 18.4 Å². The molecule has 0 bridgehead atoms. The summed E-state index contributed by atoms with van der Waals surface area (Å²) >= 11 is 0. The highest BCUT2D eigenvalue weighted by molar-refractivity contribution is 5.60. The smallest absolute Gasteiger partial charge is 0.216 e. The number of likely N-dealkylation sites (tertiary alicyclic amines) is 1. The van der Waals surface area contributed by atoms with Crippen LogP contribution in [-0.2, 0) is 11.3 Å². The Morgan fingerprint density at radius 1 is 1.08 bits per heavy atom. The molecule has 1 N–H and O–H groups in total. The van der Waals surface area contributed by atoms with Gasteiger partial charge in [0, 0.05) is 43.1 Å². The van der Waals surface area contributed by atoms with Crippen LogP contribution in [0.5, 0.6) is 5.75 Å². The number of hydrogen-bond acceptors (Lipinski definition) is 6. The van der Waals surface area contributed by atoms with Gasteiger partial charge in [-0.15, -0.1) is 0 Å². The topological polar surface area (TPSA) is 58.1 Å². The standard InChI is InChI=1S/C29H36FN3O3/c1-29(2,3)36-28(34)32-16-13-25(14-17-32)33(24-8-10-26(35-4)11-9-24)20-21-12-15-31-27(18-21)22-6-5-7-23(30)19-22/h5-12,15,18-19,25,28,34H,13-14,16-17,20H2,1-4H3. The third-order valence-corrected chi connectivity index (χ3v) is 6.41. The lowest BCUT2D eigenvalue weighted by Gasteiger charge is -2.42. The number of aliphatic hydroxyl groups is 1. The molecule has 1 aliphatic rings. The molecule has 4 rings (SSSR count). The summed E-state index contributed by atoms with van der Waals surface area (Å²) in [5, 5.41) is 10.5. The largest absolute Gasteiger partial charge is 0.497 e. The Labute approximate surface area is 213 Å². The molecule has 192 valence electrons. The zero-order valence-electron chi connectivity index (χ0n) is 21.5. The Bertz CT molecular complexity index is 1130. The Hall–Kier alpha value is -3.00. The van der Waals surface area contributed by atoms with Gasteiger partial charge in [-0.3, -0.25) is 9.88 Å². The average Bonchev–Trinajstić information content (AvgIpc) is 2.87. The zero-order chi connectivity index (χ0) is 25.7. The fourth-order valence-corrected chi connectivity index (χ4v) is 4.59. The van der Waals surface area contributed by atoms with E-state index in [4.69, 9.17) is 9.47 Å². The number of aromatic nitrogens is 1. The van der Waals surface area contributed by atoms with Gasteiger partial charge >= 0.3 is 0 Å². The molecule has 0 radical (unpaired) electrons. The Morgan fingerprint density at radius 2 is 1.81 bits per heavy atom. The van der Waals surface area contributed by atoms with Crippen LogP contribution >= 0.6 is 0 Å². The molecule has 1 aliphatic heterocycles. The first-order chi connectivity index (χ1) is 17.2. The van der Waals surface area contributed by atoms with Gasteiger partial charge < -0.3 is 19.5 Å². The summed E-state index contributed by atoms with van der Waals surface area (Å²) in [6.07, 6.45) is 2.65. The van der Waals surface area contributed by atoms with E-state index in [1.54, 1.807) is 19.4 Å². The van der Waals surface area contributed by atoms with Crippen molar-refractivity contribution in [3.05, 3.63) is 78.2 Å². The first kappa shape index (κ1) is 26.1. The minimum Gasteiger partial charge on any atom is -0.497 e. The van der Waals surface area contributed by atoms with Gasteiger partial charge in [0.15, 0.2) is 0 Å². The number of benzene rings is 2. The van der Waals surface area contributed by atoms with E-state index in [2.05, 4.69) is 22.0 Å². The lowest BCUT2D eigenvalue weighted by atomic mass is 10.0. The molecule has 3 aromatic rings. The SMILES string of the molecule is COc1ccc(N(Cc2ccnc(-c3cccc(F)c3)c2)C2CCN(C(O)OC(C)(C)C)CC2)cc1. The number of pyridine rings is 1. The van der Waals surface area contributed by atoms with Crippen LogP contribution in [0.2, 0.25) is 0 Å². The van der Waals surface area contributed by atoms with Crippen LogP contribution in [0.15, 0.2) is 66.9 Å². The highest BCUT2D eigenvalue weighted by Crippen LogP contribution is 2.29. The minimum atomic E-state index is -0.908. The Balaban J connectivity index is 1.54. The van der Waals surface area contributed by atoms with Gasteiger partial charge in [-0.05, 0) is 87.7 Å². The summed E-state index contributed by atoms with van der Waals surface area (Å²) in [5.41, 5.74) is 3.29. The highest BCUT2D eigenvalue weighted by atomic mass is 19.1. The lowest BCUT2D eigenvalue weighted by molar-refractivity contribution is -0.242. The molecule has 1 atom stereocenters. The molecule has 0 saturated carbocycles. The first-order valence-electron chi connectivity index (χ1n) is 12.4. The molecule has 7 heteroatoms. The van der Waals surface area contributed by atoms with Crippen molar-refractivity contribution in [3.8, 4) is 17.0 Å². The quantitative estimate of drug-likeness (QED) is 0.421. The van der Waals surface area contributed by atoms with Crippen LogP contribution < -0.4 is 9.64 Å². The molecule has 0 spiro atoms. The highest BCUT2D eigenvalue weighted by Gasteiger charge is 2.30. The summed E-state index contributed by atoms with van der Waals surface area (Å²) in [6.45, 7) is 7.99. The zero-order valence-corrected chi connectivity index (χ0v) is 21.5. The maximum absolute atomic E-state index is 13.8. The van der Waals surface area contributed by atoms with E-state index < -0.39 is 12.0 Å². The molecule has 6 nitrogen and oxygen atoms in total. The second-order valence-electron chi connectivity index (χ2n) is 10.2. The van der Waals surface area contributed by atoms with Crippen molar-refractivity contribution < 1.29 is 19.0 Å². The monoisotopic (exact) mass is 493 g/mol. The number of aliphatic hydroxyl groups excluding tert-OH is 1. The number of ether oxygens (including phenoxy) is 2. The summed E-state index contributed by atoms with van der Waals surface area (Å²) in [4.78, 5) is 8.86. The van der Waals surface area contributed by atoms with Crippen LogP contribution in [0.3, 0.4) is 0 Å². The van der Waals surface area contributed by atoms with Crippen molar-refractivity contribution in [2.75, 3.05) is 25.1 Å². The predicted molar refractivity (Wildman–Crippen MR) is 140 cm³/mol. The van der Waals surface area contributed by atoms with Crippen LogP contribution in [-0.4, -0.2) is 53.2 Å². The summed E-state index contributed by atoms with van der Waals surface area (Å²) < 4.78 is 24.9. The van der Waals surface area contributed by atoms with E-state index in [0.717, 1.165) is 54.2 Å². The fourth-order valence-electron chi connectivity index (χ4n) is 4.59. The van der Waals surface area contributed by atoms with Crippen molar-refractivity contribution in [3.63, 3.8) is 0 Å². The minimum absolute atomic E-state index is 0.274. The van der Waals surface area contributed by atoms with Crippen LogP contribution in [0.25, 0.3) is 11.3 Å². The predicted octanol–water partition coefficient (Wildman–Crippen LogP) is 5.46. The molecule has 2 heterocycles. The molecule has 0 amide bonds. The number of piperidine rings is 1. The Kier molecular flexibility index (Phi) is 8.24. The maximum Gasteiger partial charge on any atom is 0.216 e. The number of nitrogens with zero attached hydrogens (tertiary/aromatic N) is 3. The van der Waals surface area contributed by atoms with Gasteiger partial charge in [-0.25, -0.2) is 4.39 Å². The van der Waals surface area contributed by atoms with Gasteiger partial charge in [0.2, 0.25) is 6.41 Å². The van der Waals surface area contributed by atoms with Crippen molar-refractivity contribution in [1.82, 2.24) is 9.88 Å². The van der Waals surface area contributed by atoms with Crippen LogP contribution in [0, 0.1) is 5.82 Å². The summed E-state index contributed by atoms with van der Waals surface area (Å²) in [6, 6.07) is 19.0. The number of hydrogen-bond donors (Lipinski definition) is 1. The Morgan fingerprint density at radius 3 is 2.44 bits per heavy atom. The first-order valence-corrected chi connectivity index (χ1v) is 12.4.